The molecule has 0 saturated carbocycles. The van der Waals surface area contributed by atoms with E-state index in [0.29, 0.717) is 40.0 Å². The van der Waals surface area contributed by atoms with Gasteiger partial charge in [-0.2, -0.15) is 0 Å². The number of nitrogens with zero attached hydrogens (tertiary/aromatic N) is 1. The highest BCUT2D eigenvalue weighted by Crippen LogP contribution is 2.41. The summed E-state index contributed by atoms with van der Waals surface area (Å²) in [4.78, 5) is 28.0. The molecule has 1 heterocycles. The van der Waals surface area contributed by atoms with Gasteiger partial charge in [0.05, 0.1) is 36.0 Å². The molecule has 0 radical (unpaired) electrons. The summed E-state index contributed by atoms with van der Waals surface area (Å²) in [5.41, 5.74) is 0.903. The first kappa shape index (κ1) is 27.2. The molecule has 1 aliphatic rings. The number of aliphatic hydroxyl groups is 1. The number of carbonyl (C=O) groups excluding carboxylic acids is 2. The predicted octanol–water partition coefficient (Wildman–Crippen LogP) is 6.38. The summed E-state index contributed by atoms with van der Waals surface area (Å²) in [6.45, 7) is 6.38. The monoisotopic (exact) mass is 535 g/mol. The molecule has 1 N–H and O–H groups in total. The second kappa shape index (κ2) is 12.2. The summed E-state index contributed by atoms with van der Waals surface area (Å²) in [7, 11) is 0. The van der Waals surface area contributed by atoms with Crippen molar-refractivity contribution in [1.29, 1.82) is 0 Å². The maximum Gasteiger partial charge on any atom is 0.295 e. The molecular weight excluding hydrogens is 506 g/mol. The third-order valence-corrected chi connectivity index (χ3v) is 6.29. The first-order valence-corrected chi connectivity index (χ1v) is 12.8. The minimum Gasteiger partial charge on any atom is -0.507 e. The Bertz CT molecular complexity index is 1340. The summed E-state index contributed by atoms with van der Waals surface area (Å²) >= 11 is 6.23. The number of amides is 1. The van der Waals surface area contributed by atoms with Crippen LogP contribution in [0.15, 0.2) is 78.4 Å². The van der Waals surface area contributed by atoms with Crippen LogP contribution >= 0.6 is 11.6 Å². The molecule has 1 amide bonds. The number of aliphatic hydroxyl groups excluding tert-OH is 1. The van der Waals surface area contributed by atoms with Gasteiger partial charge in [0.15, 0.2) is 0 Å². The van der Waals surface area contributed by atoms with Crippen LogP contribution in [0.25, 0.3) is 5.76 Å². The fourth-order valence-corrected chi connectivity index (χ4v) is 4.46. The van der Waals surface area contributed by atoms with Gasteiger partial charge in [0, 0.05) is 12.1 Å². The molecule has 0 spiro atoms. The molecule has 1 atom stereocenters. The van der Waals surface area contributed by atoms with E-state index in [1.54, 1.807) is 42.5 Å². The van der Waals surface area contributed by atoms with Crippen LogP contribution in [0.5, 0.6) is 17.2 Å². The number of halogens is 1. The lowest BCUT2D eigenvalue weighted by molar-refractivity contribution is -0.140. The van der Waals surface area contributed by atoms with Crippen molar-refractivity contribution < 1.29 is 28.9 Å². The summed E-state index contributed by atoms with van der Waals surface area (Å²) in [5, 5.41) is 11.8. The highest BCUT2D eigenvalue weighted by atomic mass is 35.5. The largest absolute Gasteiger partial charge is 0.507 e. The molecule has 7 nitrogen and oxygen atoms in total. The second-order valence-electron chi connectivity index (χ2n) is 8.98. The van der Waals surface area contributed by atoms with Crippen molar-refractivity contribution >= 4 is 29.1 Å². The van der Waals surface area contributed by atoms with E-state index in [-0.39, 0.29) is 30.6 Å². The Balaban J connectivity index is 1.79. The zero-order valence-electron chi connectivity index (χ0n) is 21.5. The summed E-state index contributed by atoms with van der Waals surface area (Å²) in [6.07, 6.45) is -0.0427. The van der Waals surface area contributed by atoms with Crippen molar-refractivity contribution in [3.8, 4) is 17.2 Å². The standard InChI is InChI=1S/C30H30ClNO6/c1-4-36-25-18-21(13-14-24(25)31)28(33)26-27(32(30(35)29(26)34)15-16-37-19(2)3)20-9-8-12-23(17-20)38-22-10-6-5-7-11-22/h5-14,17-19,27,33H,4,15-16H2,1-3H3/b28-26-. The van der Waals surface area contributed by atoms with Crippen LogP contribution in [0.2, 0.25) is 5.02 Å². The molecule has 198 valence electrons. The lowest BCUT2D eigenvalue weighted by Crippen LogP contribution is -2.33. The quantitative estimate of drug-likeness (QED) is 0.184. The van der Waals surface area contributed by atoms with E-state index < -0.39 is 17.7 Å². The van der Waals surface area contributed by atoms with Gasteiger partial charge in [0.25, 0.3) is 11.7 Å². The van der Waals surface area contributed by atoms with Crippen molar-refractivity contribution in [3.63, 3.8) is 0 Å². The van der Waals surface area contributed by atoms with E-state index in [1.807, 2.05) is 51.1 Å². The third-order valence-electron chi connectivity index (χ3n) is 5.98. The van der Waals surface area contributed by atoms with Crippen LogP contribution in [0.1, 0.15) is 37.9 Å². The van der Waals surface area contributed by atoms with Crippen LogP contribution in [-0.4, -0.2) is 47.6 Å². The topological polar surface area (TPSA) is 85.3 Å². The van der Waals surface area contributed by atoms with Crippen LogP contribution in [-0.2, 0) is 14.3 Å². The van der Waals surface area contributed by atoms with E-state index in [1.165, 1.54) is 4.90 Å². The number of ether oxygens (including phenoxy) is 3. The fourth-order valence-electron chi connectivity index (χ4n) is 4.29. The van der Waals surface area contributed by atoms with Gasteiger partial charge < -0.3 is 24.2 Å². The van der Waals surface area contributed by atoms with Gasteiger partial charge in [-0.25, -0.2) is 0 Å². The maximum absolute atomic E-state index is 13.3. The van der Waals surface area contributed by atoms with Crippen LogP contribution in [0.4, 0.5) is 0 Å². The molecule has 38 heavy (non-hydrogen) atoms. The molecule has 1 saturated heterocycles. The molecule has 8 heteroatoms. The first-order chi connectivity index (χ1) is 18.3. The Kier molecular flexibility index (Phi) is 8.71. The van der Waals surface area contributed by atoms with Crippen LogP contribution in [0.3, 0.4) is 0 Å². The SMILES string of the molecule is CCOc1cc(/C(O)=C2/C(=O)C(=O)N(CCOC(C)C)C2c2cccc(Oc3ccccc3)c2)ccc1Cl. The Hall–Kier alpha value is -3.81. The fraction of sp³-hybridized carbons (Fsp3) is 0.267. The van der Waals surface area contributed by atoms with Crippen molar-refractivity contribution in [3.05, 3.63) is 94.5 Å². The van der Waals surface area contributed by atoms with Crippen molar-refractivity contribution in [2.24, 2.45) is 0 Å². The number of ketones is 1. The summed E-state index contributed by atoms with van der Waals surface area (Å²) < 4.78 is 17.2. The Morgan fingerprint density at radius 2 is 1.74 bits per heavy atom. The van der Waals surface area contributed by atoms with Gasteiger partial charge >= 0.3 is 0 Å². The van der Waals surface area contributed by atoms with Crippen LogP contribution in [0, 0.1) is 0 Å². The van der Waals surface area contributed by atoms with E-state index in [2.05, 4.69) is 0 Å². The first-order valence-electron chi connectivity index (χ1n) is 12.5. The minimum atomic E-state index is -0.851. The van der Waals surface area contributed by atoms with E-state index in [4.69, 9.17) is 25.8 Å². The van der Waals surface area contributed by atoms with Crippen molar-refractivity contribution in [1.82, 2.24) is 4.90 Å². The molecule has 0 aliphatic carbocycles. The van der Waals surface area contributed by atoms with Crippen LogP contribution < -0.4 is 9.47 Å². The van der Waals surface area contributed by atoms with Gasteiger partial charge in [-0.05, 0) is 68.8 Å². The Labute approximate surface area is 227 Å². The zero-order chi connectivity index (χ0) is 27.2. The molecule has 1 fully saturated rings. The third kappa shape index (κ3) is 6.01. The van der Waals surface area contributed by atoms with Crippen molar-refractivity contribution in [2.75, 3.05) is 19.8 Å². The number of hydrogen-bond acceptors (Lipinski definition) is 6. The highest BCUT2D eigenvalue weighted by Gasteiger charge is 2.46. The molecule has 4 rings (SSSR count). The number of carbonyl (C=O) groups is 2. The van der Waals surface area contributed by atoms with Gasteiger partial charge in [-0.3, -0.25) is 9.59 Å². The van der Waals surface area contributed by atoms with Crippen molar-refractivity contribution in [2.45, 2.75) is 32.9 Å². The predicted molar refractivity (Wildman–Crippen MR) is 146 cm³/mol. The van der Waals surface area contributed by atoms with E-state index in [9.17, 15) is 14.7 Å². The molecule has 3 aromatic carbocycles. The maximum atomic E-state index is 13.3. The molecule has 0 aromatic heterocycles. The van der Waals surface area contributed by atoms with Gasteiger partial charge in [-0.1, -0.05) is 41.9 Å². The lowest BCUT2D eigenvalue weighted by Gasteiger charge is -2.26. The summed E-state index contributed by atoms with van der Waals surface area (Å²) in [6, 6.07) is 20.3. The van der Waals surface area contributed by atoms with E-state index >= 15 is 0 Å². The zero-order valence-corrected chi connectivity index (χ0v) is 22.3. The Morgan fingerprint density at radius 1 is 1.00 bits per heavy atom. The smallest absolute Gasteiger partial charge is 0.295 e. The number of para-hydroxylation sites is 1. The highest BCUT2D eigenvalue weighted by molar-refractivity contribution is 6.46. The average Bonchev–Trinajstić information content (AvgIpc) is 3.15. The number of benzene rings is 3. The minimum absolute atomic E-state index is 0.0267. The van der Waals surface area contributed by atoms with Gasteiger partial charge in [0.2, 0.25) is 0 Å². The molecular formula is C30H30ClNO6. The lowest BCUT2D eigenvalue weighted by atomic mass is 9.95. The number of hydrogen-bond donors (Lipinski definition) is 1. The average molecular weight is 536 g/mol. The number of rotatable bonds is 10. The Morgan fingerprint density at radius 3 is 2.45 bits per heavy atom. The number of likely N-dealkylation sites (tertiary alicyclic amines) is 1. The van der Waals surface area contributed by atoms with E-state index in [0.717, 1.165) is 0 Å². The molecule has 3 aromatic rings. The van der Waals surface area contributed by atoms with Gasteiger partial charge in [0.1, 0.15) is 23.0 Å². The summed E-state index contributed by atoms with van der Waals surface area (Å²) in [5.74, 6) is -0.256. The molecule has 0 bridgehead atoms. The van der Waals surface area contributed by atoms with Gasteiger partial charge in [-0.15, -0.1) is 0 Å². The number of Topliss-reactive ketones (excluding diaryl/α,β-unsaturated/α-hetero) is 1. The second-order valence-corrected chi connectivity index (χ2v) is 9.39. The molecule has 1 unspecified atom stereocenters. The molecule has 1 aliphatic heterocycles. The normalized spacial score (nSPS) is 16.8.